The number of amidine groups is 1. The lowest BCUT2D eigenvalue weighted by molar-refractivity contribution is 1.06. The third-order valence-electron chi connectivity index (χ3n) is 6.58. The van der Waals surface area contributed by atoms with Crippen molar-refractivity contribution >= 4 is 34.2 Å². The Labute approximate surface area is 235 Å². The molecule has 40 heavy (non-hydrogen) atoms. The van der Waals surface area contributed by atoms with E-state index in [9.17, 15) is 0 Å². The lowest BCUT2D eigenvalue weighted by Crippen LogP contribution is -2.13. The van der Waals surface area contributed by atoms with E-state index in [2.05, 4.69) is 34.3 Å². The van der Waals surface area contributed by atoms with Crippen molar-refractivity contribution < 1.29 is 0 Å². The van der Waals surface area contributed by atoms with Crippen LogP contribution in [0, 0.1) is 0 Å². The Balaban J connectivity index is 1.49. The number of allylic oxidation sites excluding steroid dienone is 1. The summed E-state index contributed by atoms with van der Waals surface area (Å²) in [6.07, 6.45) is 3.81. The van der Waals surface area contributed by atoms with Gasteiger partial charge in [-0.1, -0.05) is 127 Å². The third-order valence-corrected chi connectivity index (χ3v) is 6.58. The molecule has 5 aromatic rings. The molecule has 5 rings (SSSR count). The van der Waals surface area contributed by atoms with E-state index < -0.39 is 0 Å². The zero-order valence-electron chi connectivity index (χ0n) is 22.2. The second-order valence-electron chi connectivity index (χ2n) is 9.25. The van der Waals surface area contributed by atoms with E-state index in [1.165, 1.54) is 0 Å². The minimum atomic E-state index is 0.238. The molecule has 0 unspecified atom stereocenters. The monoisotopic (exact) mass is 521 g/mol. The van der Waals surface area contributed by atoms with Gasteiger partial charge in [-0.3, -0.25) is 9.98 Å². The summed E-state index contributed by atoms with van der Waals surface area (Å²) in [5.74, 6) is 0.469. The largest absolute Gasteiger partial charge is 0.398 e. The number of benzene rings is 5. The van der Waals surface area contributed by atoms with Crippen LogP contribution in [0.15, 0.2) is 148 Å². The van der Waals surface area contributed by atoms with E-state index in [1.54, 1.807) is 0 Å². The first-order valence-electron chi connectivity index (χ1n) is 13.2. The van der Waals surface area contributed by atoms with Gasteiger partial charge in [-0.15, -0.1) is 0 Å². The SMILES string of the molecule is N/C(=C\C(=NCc1c(/C=N/C/N=C(\N)c2ccccc2)ccc2ccccc12)c1ccccc1)c1ccccc1. The molecule has 0 saturated heterocycles. The lowest BCUT2D eigenvalue weighted by atomic mass is 9.99. The highest BCUT2D eigenvalue weighted by Crippen LogP contribution is 2.23. The van der Waals surface area contributed by atoms with Gasteiger partial charge >= 0.3 is 0 Å². The maximum atomic E-state index is 6.51. The Kier molecular flexibility index (Phi) is 8.54. The predicted molar refractivity (Wildman–Crippen MR) is 169 cm³/mol. The summed E-state index contributed by atoms with van der Waals surface area (Å²) in [5, 5.41) is 2.28. The summed E-state index contributed by atoms with van der Waals surface area (Å²) < 4.78 is 0. The minimum absolute atomic E-state index is 0.238. The molecule has 0 bridgehead atoms. The van der Waals surface area contributed by atoms with Crippen molar-refractivity contribution in [2.45, 2.75) is 6.54 Å². The average Bonchev–Trinajstić information content (AvgIpc) is 3.02. The Bertz CT molecular complexity index is 1690. The first kappa shape index (κ1) is 26.3. The van der Waals surface area contributed by atoms with Crippen LogP contribution in [-0.2, 0) is 6.54 Å². The number of nitrogens with zero attached hydrogens (tertiary/aromatic N) is 3. The van der Waals surface area contributed by atoms with E-state index in [4.69, 9.17) is 16.5 Å². The molecule has 5 aromatic carbocycles. The van der Waals surface area contributed by atoms with Gasteiger partial charge in [-0.05, 0) is 39.1 Å². The van der Waals surface area contributed by atoms with Crippen molar-refractivity contribution in [3.8, 4) is 0 Å². The van der Waals surface area contributed by atoms with Gasteiger partial charge in [-0.25, -0.2) is 4.99 Å². The van der Waals surface area contributed by atoms with Crippen molar-refractivity contribution in [3.63, 3.8) is 0 Å². The summed E-state index contributed by atoms with van der Waals surface area (Å²) >= 11 is 0. The van der Waals surface area contributed by atoms with Crippen LogP contribution in [0.2, 0.25) is 0 Å². The van der Waals surface area contributed by atoms with Crippen molar-refractivity contribution in [2.75, 3.05) is 6.67 Å². The van der Waals surface area contributed by atoms with Gasteiger partial charge in [0.1, 0.15) is 12.5 Å². The fraction of sp³-hybridized carbons (Fsp3) is 0.0571. The van der Waals surface area contributed by atoms with Gasteiger partial charge in [0.25, 0.3) is 0 Å². The third kappa shape index (κ3) is 6.58. The molecule has 0 amide bonds. The molecule has 5 nitrogen and oxygen atoms in total. The second kappa shape index (κ2) is 13.0. The molecule has 0 heterocycles. The van der Waals surface area contributed by atoms with Crippen LogP contribution in [0.5, 0.6) is 0 Å². The molecule has 4 N–H and O–H groups in total. The molecule has 0 radical (unpaired) electrons. The van der Waals surface area contributed by atoms with Crippen LogP contribution in [0.1, 0.15) is 27.8 Å². The average molecular weight is 522 g/mol. The van der Waals surface area contributed by atoms with E-state index in [-0.39, 0.29) is 6.67 Å². The molecule has 0 saturated carbocycles. The molecular formula is C35H31N5. The second-order valence-corrected chi connectivity index (χ2v) is 9.25. The maximum absolute atomic E-state index is 6.51. The van der Waals surface area contributed by atoms with Crippen LogP contribution >= 0.6 is 0 Å². The highest BCUT2D eigenvalue weighted by Gasteiger charge is 2.08. The number of fused-ring (bicyclic) bond motifs is 1. The van der Waals surface area contributed by atoms with E-state index in [0.29, 0.717) is 18.1 Å². The highest BCUT2D eigenvalue weighted by atomic mass is 15.0. The van der Waals surface area contributed by atoms with Crippen LogP contribution in [0.25, 0.3) is 16.5 Å². The molecule has 0 atom stereocenters. The lowest BCUT2D eigenvalue weighted by Gasteiger charge is -2.11. The Morgan fingerprint density at radius 3 is 1.90 bits per heavy atom. The zero-order chi connectivity index (χ0) is 27.6. The van der Waals surface area contributed by atoms with Crippen molar-refractivity contribution in [3.05, 3.63) is 161 Å². The maximum Gasteiger partial charge on any atom is 0.131 e. The summed E-state index contributed by atoms with van der Waals surface area (Å²) in [6, 6.07) is 42.3. The molecule has 196 valence electrons. The molecule has 0 aromatic heterocycles. The molecule has 0 aliphatic carbocycles. The van der Waals surface area contributed by atoms with Gasteiger partial charge in [0.2, 0.25) is 0 Å². The molecule has 0 fully saturated rings. The fourth-order valence-electron chi connectivity index (χ4n) is 4.46. The first-order chi connectivity index (χ1) is 19.7. The van der Waals surface area contributed by atoms with Crippen molar-refractivity contribution in [1.29, 1.82) is 0 Å². The molecular weight excluding hydrogens is 490 g/mol. The number of nitrogens with two attached hydrogens (primary N) is 2. The number of rotatable bonds is 9. The van der Waals surface area contributed by atoms with Crippen LogP contribution in [0.3, 0.4) is 0 Å². The predicted octanol–water partition coefficient (Wildman–Crippen LogP) is 6.61. The van der Waals surface area contributed by atoms with E-state index >= 15 is 0 Å². The Hall–Kier alpha value is -5.29. The molecule has 5 heteroatoms. The quantitative estimate of drug-likeness (QED) is 0.169. The fourth-order valence-corrected chi connectivity index (χ4v) is 4.46. The van der Waals surface area contributed by atoms with Crippen LogP contribution in [0.4, 0.5) is 0 Å². The van der Waals surface area contributed by atoms with Gasteiger partial charge < -0.3 is 11.5 Å². The number of hydrogen-bond acceptors (Lipinski definition) is 4. The smallest absolute Gasteiger partial charge is 0.131 e. The molecule has 0 aliphatic heterocycles. The van der Waals surface area contributed by atoms with Gasteiger partial charge in [0.15, 0.2) is 0 Å². The van der Waals surface area contributed by atoms with Gasteiger partial charge in [-0.2, -0.15) is 0 Å². The summed E-state index contributed by atoms with van der Waals surface area (Å²) in [7, 11) is 0. The summed E-state index contributed by atoms with van der Waals surface area (Å²) in [4.78, 5) is 14.1. The summed E-state index contributed by atoms with van der Waals surface area (Å²) in [6.45, 7) is 0.697. The van der Waals surface area contributed by atoms with Crippen molar-refractivity contribution in [2.24, 2.45) is 26.4 Å². The Morgan fingerprint density at radius 2 is 1.20 bits per heavy atom. The standard InChI is InChI=1S/C35H31N5/c36-33(27-13-4-1-5-14-27)22-34(28-15-6-2-7-16-28)39-24-32-30(21-20-26-12-10-11-19-31(26)32)23-38-25-40-35(37)29-17-8-3-9-18-29/h1-23H,24-25,36H2,(H2,37,40)/b33-22-,38-23+,39-34?. The van der Waals surface area contributed by atoms with E-state index in [0.717, 1.165) is 44.3 Å². The van der Waals surface area contributed by atoms with Gasteiger partial charge in [0, 0.05) is 17.5 Å². The van der Waals surface area contributed by atoms with Crippen LogP contribution in [-0.4, -0.2) is 24.4 Å². The number of hydrogen-bond donors (Lipinski definition) is 2. The van der Waals surface area contributed by atoms with Crippen molar-refractivity contribution in [1.82, 2.24) is 0 Å². The zero-order valence-corrected chi connectivity index (χ0v) is 22.2. The van der Waals surface area contributed by atoms with Gasteiger partial charge in [0.05, 0.1) is 12.3 Å². The minimum Gasteiger partial charge on any atom is -0.398 e. The summed E-state index contributed by atoms with van der Waals surface area (Å²) in [5.41, 5.74) is 19.0. The highest BCUT2D eigenvalue weighted by molar-refractivity contribution is 6.12. The molecule has 0 aliphatic rings. The Morgan fingerprint density at radius 1 is 0.600 bits per heavy atom. The van der Waals surface area contributed by atoms with E-state index in [1.807, 2.05) is 115 Å². The topological polar surface area (TPSA) is 89.1 Å². The molecule has 0 spiro atoms. The number of aliphatic imine (C=N–C) groups is 3. The first-order valence-corrected chi connectivity index (χ1v) is 13.2. The normalized spacial score (nSPS) is 12.8. The van der Waals surface area contributed by atoms with Crippen LogP contribution < -0.4 is 11.5 Å².